The molecule has 0 radical (unpaired) electrons. The lowest BCUT2D eigenvalue weighted by Crippen LogP contribution is -2.60. The largest absolute Gasteiger partial charge is 0.388 e. The topological polar surface area (TPSA) is 306 Å². The van der Waals surface area contributed by atoms with Crippen molar-refractivity contribution in [2.45, 2.75) is 158 Å². The van der Waals surface area contributed by atoms with Gasteiger partial charge in [0.15, 0.2) is 0 Å². The predicted molar refractivity (Wildman–Crippen MR) is 236 cm³/mol. The molecule has 2 saturated carbocycles. The first-order valence-corrected chi connectivity index (χ1v) is 25.7. The molecule has 2 aliphatic carbocycles. The third-order valence-corrected chi connectivity index (χ3v) is 16.4. The Morgan fingerprint density at radius 3 is 1.77 bits per heavy atom. The Balaban J connectivity index is 0.980. The SMILES string of the molecule is CCC1CCC(C2O[C@H](CCS(=O)(=O)NC(=O)Nc3cccc(C(C)(C)CC4CCC(C5O[C@H](CCS(=O)(=O)NC(=O)Nc6ccc[nH]6)[C@@H](O)[C@H](O)[C@@H]5O)C4)c3)[C@@H](O)[C@H](O)[C@@H]2O)CC1. The van der Waals surface area contributed by atoms with Crippen LogP contribution in [0.15, 0.2) is 42.6 Å². The van der Waals surface area contributed by atoms with Crippen molar-refractivity contribution in [1.82, 2.24) is 14.4 Å². The van der Waals surface area contributed by atoms with Crippen molar-refractivity contribution < 1.29 is 66.5 Å². The van der Waals surface area contributed by atoms with Gasteiger partial charge in [-0.1, -0.05) is 58.6 Å². The predicted octanol–water partition coefficient (Wildman–Crippen LogP) is 2.40. The van der Waals surface area contributed by atoms with E-state index in [4.69, 9.17) is 9.47 Å². The Labute approximate surface area is 375 Å². The van der Waals surface area contributed by atoms with Gasteiger partial charge in [-0.05, 0) is 104 Å². The molecule has 12 atom stereocenters. The second-order valence-corrected chi connectivity index (χ2v) is 22.6. The molecule has 19 nitrogen and oxygen atoms in total. The zero-order chi connectivity index (χ0) is 46.6. The van der Waals surface area contributed by atoms with E-state index in [2.05, 4.69) is 22.5 Å². The molecule has 0 bridgehead atoms. The van der Waals surface area contributed by atoms with Crippen LogP contribution in [0.25, 0.3) is 0 Å². The molecular weight excluding hydrogens is 875 g/mol. The van der Waals surface area contributed by atoms with Crippen molar-refractivity contribution in [3.8, 4) is 0 Å². The van der Waals surface area contributed by atoms with Crippen molar-refractivity contribution in [2.24, 2.45) is 23.7 Å². The van der Waals surface area contributed by atoms with E-state index in [0.717, 1.165) is 44.1 Å². The number of aromatic amines is 1. The normalized spacial score (nSPS) is 33.9. The quantitative estimate of drug-likeness (QED) is 0.115. The molecule has 1 aromatic carbocycles. The number of anilines is 2. The summed E-state index contributed by atoms with van der Waals surface area (Å²) in [5, 5.41) is 69.4. The van der Waals surface area contributed by atoms with E-state index in [1.807, 2.05) is 29.4 Å². The standard InChI is InChI=1S/C43H67N5O14S2/c1-4-24-10-13-26(14-11-24)39-37(53)35(51)33(49)30(61-39)16-19-63(57,58)47-41(55)45-29-8-5-7-28(22-29)43(2,3)23-25-12-15-27(21-25)40-38(54)36(52)34(50)31(62-40)17-20-64(59,60)48-42(56)46-32-9-6-18-44-32/h5-9,18,22,24-27,30-31,33-40,44,49-54H,4,10-17,19-21,23H2,1-3H3,(H2,45,47,55)(H2,46,48,56)/t24?,25?,26?,27?,30-,31-,33-,34-,35+,36+,37+,38+,39?,40?/m1/s1. The fourth-order valence-electron chi connectivity index (χ4n) is 10.2. The van der Waals surface area contributed by atoms with Crippen molar-refractivity contribution >= 4 is 43.6 Å². The average Bonchev–Trinajstić information content (AvgIpc) is 3.93. The van der Waals surface area contributed by atoms with E-state index in [0.29, 0.717) is 30.9 Å². The van der Waals surface area contributed by atoms with Crippen LogP contribution >= 0.6 is 0 Å². The van der Waals surface area contributed by atoms with E-state index in [1.54, 1.807) is 30.5 Å². The average molecular weight is 942 g/mol. The molecule has 11 N–H and O–H groups in total. The lowest BCUT2D eigenvalue weighted by atomic mass is 9.75. The van der Waals surface area contributed by atoms with Crippen molar-refractivity contribution in [2.75, 3.05) is 22.1 Å². The minimum absolute atomic E-state index is 0.0291. The minimum atomic E-state index is -4.21. The van der Waals surface area contributed by atoms with Gasteiger partial charge < -0.3 is 50.4 Å². The van der Waals surface area contributed by atoms with Gasteiger partial charge in [0.25, 0.3) is 0 Å². The number of urea groups is 2. The molecule has 0 spiro atoms. The highest BCUT2D eigenvalue weighted by Crippen LogP contribution is 2.44. The molecule has 2 saturated heterocycles. The van der Waals surface area contributed by atoms with Gasteiger partial charge in [0.1, 0.15) is 42.4 Å². The summed E-state index contributed by atoms with van der Waals surface area (Å²) in [6.45, 7) is 6.21. The van der Waals surface area contributed by atoms with Crippen molar-refractivity contribution in [3.63, 3.8) is 0 Å². The third-order valence-electron chi connectivity index (χ3n) is 13.9. The lowest BCUT2D eigenvalue weighted by molar-refractivity contribution is -0.237. The first-order valence-electron chi connectivity index (χ1n) is 22.4. The molecule has 4 amide bonds. The molecule has 2 aliphatic heterocycles. The highest BCUT2D eigenvalue weighted by atomic mass is 32.2. The van der Waals surface area contributed by atoms with Crippen LogP contribution in [0.5, 0.6) is 0 Å². The molecule has 3 heterocycles. The summed E-state index contributed by atoms with van der Waals surface area (Å²) in [6, 6.07) is 8.23. The van der Waals surface area contributed by atoms with Gasteiger partial charge in [-0.2, -0.15) is 0 Å². The number of carbonyl (C=O) groups is 2. The zero-order valence-electron chi connectivity index (χ0n) is 36.6. The summed E-state index contributed by atoms with van der Waals surface area (Å²) in [4.78, 5) is 27.9. The van der Waals surface area contributed by atoms with Crippen LogP contribution in [-0.4, -0.2) is 137 Å². The number of hydrogen-bond donors (Lipinski definition) is 11. The molecular formula is C43H67N5O14S2. The van der Waals surface area contributed by atoms with E-state index in [-0.39, 0.29) is 36.4 Å². The van der Waals surface area contributed by atoms with E-state index >= 15 is 0 Å². The number of benzene rings is 1. The number of carbonyl (C=O) groups excluding carboxylic acids is 2. The third kappa shape index (κ3) is 12.7. The first kappa shape index (κ1) is 50.0. The van der Waals surface area contributed by atoms with Gasteiger partial charge in [0.05, 0.1) is 35.9 Å². The Morgan fingerprint density at radius 2 is 1.22 bits per heavy atom. The number of rotatable bonds is 16. The maximum atomic E-state index is 13.1. The summed E-state index contributed by atoms with van der Waals surface area (Å²) in [7, 11) is -8.37. The first-order chi connectivity index (χ1) is 30.1. The molecule has 6 rings (SSSR count). The van der Waals surface area contributed by atoms with Gasteiger partial charge in [-0.15, -0.1) is 0 Å². The van der Waals surface area contributed by atoms with E-state index in [9.17, 15) is 57.1 Å². The minimum Gasteiger partial charge on any atom is -0.388 e. The number of ether oxygens (including phenoxy) is 2. The van der Waals surface area contributed by atoms with Gasteiger partial charge in [-0.25, -0.2) is 35.9 Å². The molecule has 4 unspecified atom stereocenters. The van der Waals surface area contributed by atoms with Crippen LogP contribution in [-0.2, 0) is 34.9 Å². The smallest absolute Gasteiger partial charge is 0.333 e. The van der Waals surface area contributed by atoms with Crippen LogP contribution in [0.2, 0.25) is 0 Å². The number of aliphatic hydroxyl groups excluding tert-OH is 6. The lowest BCUT2D eigenvalue weighted by Gasteiger charge is -2.45. The van der Waals surface area contributed by atoms with Crippen LogP contribution in [0.4, 0.5) is 21.1 Å². The molecule has 1 aromatic heterocycles. The number of H-pyrrole nitrogens is 1. The highest BCUT2D eigenvalue weighted by molar-refractivity contribution is 7.90. The number of sulfonamides is 2. The van der Waals surface area contributed by atoms with Crippen molar-refractivity contribution in [1.29, 1.82) is 0 Å². The Hall–Kier alpha value is -3.38. The number of nitrogens with one attached hydrogen (secondary N) is 5. The Kier molecular flexibility index (Phi) is 16.5. The fraction of sp³-hybridized carbons (Fsp3) is 0.721. The van der Waals surface area contributed by atoms with E-state index < -0.39 is 110 Å². The second-order valence-electron chi connectivity index (χ2n) is 18.9. The maximum Gasteiger partial charge on any atom is 0.333 e. The van der Waals surface area contributed by atoms with Gasteiger partial charge in [0.2, 0.25) is 20.0 Å². The number of amides is 4. The van der Waals surface area contributed by atoms with Crippen LogP contribution in [0.1, 0.15) is 97.0 Å². The van der Waals surface area contributed by atoms with Crippen molar-refractivity contribution in [3.05, 3.63) is 48.2 Å². The summed E-state index contributed by atoms with van der Waals surface area (Å²) in [6.07, 6.45) is -4.28. The molecule has 2 aromatic rings. The number of hydrogen-bond acceptors (Lipinski definition) is 14. The Morgan fingerprint density at radius 1 is 0.688 bits per heavy atom. The summed E-state index contributed by atoms with van der Waals surface area (Å²) >= 11 is 0. The van der Waals surface area contributed by atoms with Crippen LogP contribution < -0.4 is 20.1 Å². The molecule has 64 heavy (non-hydrogen) atoms. The number of aromatic nitrogens is 1. The van der Waals surface area contributed by atoms with Crippen LogP contribution in [0, 0.1) is 23.7 Å². The summed E-state index contributed by atoms with van der Waals surface area (Å²) in [5.41, 5.74) is 0.773. The molecule has 360 valence electrons. The highest BCUT2D eigenvalue weighted by Gasteiger charge is 2.49. The van der Waals surface area contributed by atoms with Crippen LogP contribution in [0.3, 0.4) is 0 Å². The Bertz CT molecular complexity index is 2080. The van der Waals surface area contributed by atoms with Gasteiger partial charge in [-0.3, -0.25) is 5.32 Å². The molecule has 4 aliphatic rings. The molecule has 21 heteroatoms. The fourth-order valence-corrected chi connectivity index (χ4v) is 12.2. The monoisotopic (exact) mass is 941 g/mol. The number of aliphatic hydroxyl groups is 6. The van der Waals surface area contributed by atoms with Gasteiger partial charge in [0, 0.05) is 11.9 Å². The van der Waals surface area contributed by atoms with Gasteiger partial charge >= 0.3 is 12.1 Å². The maximum absolute atomic E-state index is 13.1. The second kappa shape index (κ2) is 21.1. The van der Waals surface area contributed by atoms with E-state index in [1.165, 1.54) is 6.07 Å². The summed E-state index contributed by atoms with van der Waals surface area (Å²) < 4.78 is 67.6. The zero-order valence-corrected chi connectivity index (χ0v) is 38.2. The summed E-state index contributed by atoms with van der Waals surface area (Å²) in [5.74, 6) is -0.376. The molecule has 4 fully saturated rings.